The summed E-state index contributed by atoms with van der Waals surface area (Å²) in [5.41, 5.74) is 0.0835. The molecule has 1 N–H and O–H groups in total. The number of nitro groups is 1. The molecular weight excluding hydrogens is 336 g/mol. The highest BCUT2D eigenvalue weighted by atomic mass is 32.2. The number of rotatable bonds is 4. The van der Waals surface area contributed by atoms with Gasteiger partial charge in [-0.15, -0.1) is 0 Å². The first-order valence-electron chi connectivity index (χ1n) is 7.56. The lowest BCUT2D eigenvalue weighted by atomic mass is 9.96. The van der Waals surface area contributed by atoms with E-state index in [1.54, 1.807) is 6.92 Å². The molecule has 132 valence electrons. The third-order valence-corrected chi connectivity index (χ3v) is 6.61. The first kappa shape index (κ1) is 18.3. The van der Waals surface area contributed by atoms with Crippen LogP contribution in [-0.2, 0) is 14.8 Å². The summed E-state index contributed by atoms with van der Waals surface area (Å²) in [6.45, 7) is 4.49. The molecule has 0 radical (unpaired) electrons. The molecule has 2 unspecified atom stereocenters. The predicted molar refractivity (Wildman–Crippen MR) is 86.3 cm³/mol. The monoisotopic (exact) mass is 356 g/mol. The zero-order chi connectivity index (χ0) is 18.2. The molecule has 1 aromatic rings. The maximum atomic E-state index is 13.1. The molecule has 8 nitrogen and oxygen atoms in total. The minimum absolute atomic E-state index is 0.177. The molecular formula is C15H20N2O6S. The lowest BCUT2D eigenvalue weighted by molar-refractivity contribution is -0.388. The van der Waals surface area contributed by atoms with Gasteiger partial charge in [-0.1, -0.05) is 12.1 Å². The second-order valence-corrected chi connectivity index (χ2v) is 8.00. The van der Waals surface area contributed by atoms with Crippen molar-refractivity contribution in [3.63, 3.8) is 0 Å². The highest BCUT2D eigenvalue weighted by Gasteiger charge is 2.41. The summed E-state index contributed by atoms with van der Waals surface area (Å²) in [7, 11) is -4.18. The van der Waals surface area contributed by atoms with Crippen molar-refractivity contribution in [1.82, 2.24) is 4.31 Å². The number of carbonyl (C=O) groups is 1. The SMILES string of the molecule is Cc1ccc(C)c(S(=O)(=O)N2CC(C(=O)O)CCC2C)c1[N+](=O)[O-]. The number of benzene rings is 1. The first-order chi connectivity index (χ1) is 11.1. The Morgan fingerprint density at radius 2 is 1.88 bits per heavy atom. The van der Waals surface area contributed by atoms with Gasteiger partial charge in [-0.25, -0.2) is 8.42 Å². The van der Waals surface area contributed by atoms with E-state index in [4.69, 9.17) is 0 Å². The van der Waals surface area contributed by atoms with Gasteiger partial charge in [-0.05, 0) is 39.2 Å². The minimum atomic E-state index is -4.18. The summed E-state index contributed by atoms with van der Waals surface area (Å²) in [6, 6.07) is 2.62. The van der Waals surface area contributed by atoms with Crippen LogP contribution in [-0.4, -0.2) is 41.3 Å². The standard InChI is InChI=1S/C15H20N2O6S/c1-9-4-5-10(2)14(13(9)17(20)21)24(22,23)16-8-12(15(18)19)7-6-11(16)3/h4-5,11-12H,6-8H2,1-3H3,(H,18,19). The van der Waals surface area contributed by atoms with Crippen LogP contribution in [0.5, 0.6) is 0 Å². The smallest absolute Gasteiger partial charge is 0.307 e. The first-order valence-corrected chi connectivity index (χ1v) is 9.00. The Bertz CT molecular complexity index is 789. The second-order valence-electron chi connectivity index (χ2n) is 6.17. The molecule has 2 atom stereocenters. The van der Waals surface area contributed by atoms with E-state index in [2.05, 4.69) is 0 Å². The number of hydrogen-bond acceptors (Lipinski definition) is 5. The van der Waals surface area contributed by atoms with Gasteiger partial charge < -0.3 is 5.11 Å². The number of sulfonamides is 1. The Balaban J connectivity index is 2.60. The molecule has 1 saturated heterocycles. The van der Waals surface area contributed by atoms with Crippen LogP contribution in [0.4, 0.5) is 5.69 Å². The van der Waals surface area contributed by atoms with E-state index in [0.717, 1.165) is 4.31 Å². The minimum Gasteiger partial charge on any atom is -0.481 e. The van der Waals surface area contributed by atoms with Crippen molar-refractivity contribution in [2.75, 3.05) is 6.54 Å². The van der Waals surface area contributed by atoms with Crippen LogP contribution >= 0.6 is 0 Å². The number of carboxylic acids is 1. The molecule has 1 aliphatic rings. The molecule has 1 heterocycles. The van der Waals surface area contributed by atoms with Crippen LogP contribution < -0.4 is 0 Å². The number of nitro benzene ring substituents is 1. The maximum Gasteiger partial charge on any atom is 0.307 e. The summed E-state index contributed by atoms with van der Waals surface area (Å²) in [5, 5.41) is 20.6. The molecule has 1 fully saturated rings. The third kappa shape index (κ3) is 3.13. The van der Waals surface area contributed by atoms with Crippen molar-refractivity contribution in [3.05, 3.63) is 33.4 Å². The van der Waals surface area contributed by atoms with E-state index in [1.807, 2.05) is 0 Å². The highest BCUT2D eigenvalue weighted by molar-refractivity contribution is 7.89. The summed E-state index contributed by atoms with van der Waals surface area (Å²) >= 11 is 0. The van der Waals surface area contributed by atoms with Crippen molar-refractivity contribution in [2.24, 2.45) is 5.92 Å². The van der Waals surface area contributed by atoms with Gasteiger partial charge in [-0.3, -0.25) is 14.9 Å². The van der Waals surface area contributed by atoms with Gasteiger partial charge in [0, 0.05) is 18.2 Å². The molecule has 1 aromatic carbocycles. The van der Waals surface area contributed by atoms with Crippen molar-refractivity contribution < 1.29 is 23.2 Å². The van der Waals surface area contributed by atoms with Crippen molar-refractivity contribution >= 4 is 21.7 Å². The molecule has 24 heavy (non-hydrogen) atoms. The fourth-order valence-corrected chi connectivity index (χ4v) is 5.20. The number of aliphatic carboxylic acids is 1. The second kappa shape index (κ2) is 6.48. The molecule has 1 aliphatic heterocycles. The van der Waals surface area contributed by atoms with Crippen molar-refractivity contribution in [3.8, 4) is 0 Å². The quantitative estimate of drug-likeness (QED) is 0.652. The highest BCUT2D eigenvalue weighted by Crippen LogP contribution is 2.36. The third-order valence-electron chi connectivity index (χ3n) is 4.45. The van der Waals surface area contributed by atoms with Crippen LogP contribution in [0.3, 0.4) is 0 Å². The Labute approximate surface area is 140 Å². The van der Waals surface area contributed by atoms with Gasteiger partial charge in [0.05, 0.1) is 10.8 Å². The summed E-state index contributed by atoms with van der Waals surface area (Å²) in [6.07, 6.45) is 0.784. The van der Waals surface area contributed by atoms with Crippen molar-refractivity contribution in [1.29, 1.82) is 0 Å². The van der Waals surface area contributed by atoms with Crippen LogP contribution in [0, 0.1) is 29.9 Å². The van der Waals surface area contributed by atoms with Crippen LogP contribution in [0.2, 0.25) is 0 Å². The average Bonchev–Trinajstić information content (AvgIpc) is 2.48. The zero-order valence-electron chi connectivity index (χ0n) is 13.7. The fourth-order valence-electron chi connectivity index (χ4n) is 3.05. The van der Waals surface area contributed by atoms with Crippen molar-refractivity contribution in [2.45, 2.75) is 44.6 Å². The van der Waals surface area contributed by atoms with Crippen LogP contribution in [0.1, 0.15) is 30.9 Å². The number of carboxylic acid groups (broad SMARTS) is 1. The van der Waals surface area contributed by atoms with Gasteiger partial charge >= 0.3 is 5.97 Å². The van der Waals surface area contributed by atoms with E-state index in [-0.39, 0.29) is 22.6 Å². The molecule has 0 spiro atoms. The lowest BCUT2D eigenvalue weighted by Crippen LogP contribution is -2.47. The summed E-state index contributed by atoms with van der Waals surface area (Å²) in [4.78, 5) is 21.6. The molecule has 0 aromatic heterocycles. The van der Waals surface area contributed by atoms with Gasteiger partial charge in [-0.2, -0.15) is 4.31 Å². The van der Waals surface area contributed by atoms with Gasteiger partial charge in [0.25, 0.3) is 5.69 Å². The molecule has 0 bridgehead atoms. The molecule has 0 amide bonds. The Morgan fingerprint density at radius 1 is 1.29 bits per heavy atom. The number of nitrogens with zero attached hydrogens (tertiary/aromatic N) is 2. The van der Waals surface area contributed by atoms with E-state index >= 15 is 0 Å². The Kier molecular flexibility index (Phi) is 4.95. The van der Waals surface area contributed by atoms with Crippen LogP contribution in [0.15, 0.2) is 17.0 Å². The molecule has 0 aliphatic carbocycles. The van der Waals surface area contributed by atoms with Gasteiger partial charge in [0.2, 0.25) is 10.0 Å². The largest absolute Gasteiger partial charge is 0.481 e. The Hall–Kier alpha value is -2.00. The summed E-state index contributed by atoms with van der Waals surface area (Å²) < 4.78 is 27.3. The topological polar surface area (TPSA) is 118 Å². The van der Waals surface area contributed by atoms with E-state index in [1.165, 1.54) is 26.0 Å². The summed E-state index contributed by atoms with van der Waals surface area (Å²) in [5.74, 6) is -1.86. The van der Waals surface area contributed by atoms with Gasteiger partial charge in [0.1, 0.15) is 0 Å². The zero-order valence-corrected chi connectivity index (χ0v) is 14.5. The molecule has 2 rings (SSSR count). The van der Waals surface area contributed by atoms with E-state index in [0.29, 0.717) is 12.8 Å². The lowest BCUT2D eigenvalue weighted by Gasteiger charge is -2.35. The predicted octanol–water partition coefficient (Wildman–Crippen LogP) is 2.09. The van der Waals surface area contributed by atoms with E-state index < -0.39 is 38.6 Å². The fraction of sp³-hybridized carbons (Fsp3) is 0.533. The molecule has 9 heteroatoms. The Morgan fingerprint density at radius 3 is 2.42 bits per heavy atom. The van der Waals surface area contributed by atoms with Gasteiger partial charge in [0.15, 0.2) is 4.90 Å². The number of aryl methyl sites for hydroxylation is 2. The number of hydrogen-bond donors (Lipinski definition) is 1. The maximum absolute atomic E-state index is 13.1. The normalized spacial score (nSPS) is 22.3. The average molecular weight is 356 g/mol. The molecule has 0 saturated carbocycles. The number of piperidine rings is 1. The van der Waals surface area contributed by atoms with Crippen LogP contribution in [0.25, 0.3) is 0 Å². The van der Waals surface area contributed by atoms with E-state index in [9.17, 15) is 28.4 Å².